The number of aliphatic hydroxyl groups excluding tert-OH is 1. The molecule has 18 heavy (non-hydrogen) atoms. The first kappa shape index (κ1) is 13.3. The van der Waals surface area contributed by atoms with Crippen LogP contribution in [0, 0.1) is 6.92 Å². The van der Waals surface area contributed by atoms with E-state index in [-0.39, 0.29) is 5.41 Å². The lowest BCUT2D eigenvalue weighted by Crippen LogP contribution is -2.07. The van der Waals surface area contributed by atoms with Crippen LogP contribution in [0.15, 0.2) is 36.4 Å². The normalized spacial score (nSPS) is 13.6. The number of thiophene rings is 1. The second-order valence-corrected chi connectivity index (χ2v) is 6.88. The van der Waals surface area contributed by atoms with Gasteiger partial charge in [-0.15, -0.1) is 11.3 Å². The molecular formula is C16H20OS. The summed E-state index contributed by atoms with van der Waals surface area (Å²) in [5, 5.41) is 10.4. The quantitative estimate of drug-likeness (QED) is 0.846. The standard InChI is InChI=1S/C16H20OS/c1-11-5-7-12(8-6-11)15(17)13-9-10-14(18-13)16(2,3)4/h5-10,15,17H,1-4H3. The van der Waals surface area contributed by atoms with Crippen LogP contribution in [0.5, 0.6) is 0 Å². The second-order valence-electron chi connectivity index (χ2n) is 5.77. The van der Waals surface area contributed by atoms with Crippen LogP contribution in [0.4, 0.5) is 0 Å². The summed E-state index contributed by atoms with van der Waals surface area (Å²) < 4.78 is 0. The highest BCUT2D eigenvalue weighted by Crippen LogP contribution is 2.34. The maximum Gasteiger partial charge on any atom is 0.113 e. The summed E-state index contributed by atoms with van der Waals surface area (Å²) >= 11 is 1.70. The smallest absolute Gasteiger partial charge is 0.113 e. The van der Waals surface area contributed by atoms with Crippen LogP contribution in [0.2, 0.25) is 0 Å². The molecule has 0 fully saturated rings. The van der Waals surface area contributed by atoms with Crippen LogP contribution in [0.3, 0.4) is 0 Å². The van der Waals surface area contributed by atoms with Crippen molar-refractivity contribution in [1.82, 2.24) is 0 Å². The van der Waals surface area contributed by atoms with Gasteiger partial charge in [0.1, 0.15) is 6.10 Å². The monoisotopic (exact) mass is 260 g/mol. The molecule has 1 aromatic carbocycles. The lowest BCUT2D eigenvalue weighted by atomic mass is 9.95. The van der Waals surface area contributed by atoms with Crippen molar-refractivity contribution in [2.24, 2.45) is 0 Å². The van der Waals surface area contributed by atoms with E-state index in [9.17, 15) is 5.11 Å². The van der Waals surface area contributed by atoms with Crippen molar-refractivity contribution in [2.75, 3.05) is 0 Å². The van der Waals surface area contributed by atoms with Gasteiger partial charge < -0.3 is 5.11 Å². The third kappa shape index (κ3) is 2.82. The number of hydrogen-bond donors (Lipinski definition) is 1. The molecule has 96 valence electrons. The first-order chi connectivity index (χ1) is 8.38. The van der Waals surface area contributed by atoms with E-state index >= 15 is 0 Å². The summed E-state index contributed by atoms with van der Waals surface area (Å²) in [4.78, 5) is 2.33. The zero-order chi connectivity index (χ0) is 13.3. The minimum absolute atomic E-state index is 0.149. The Kier molecular flexibility index (Phi) is 3.60. The van der Waals surface area contributed by atoms with Crippen LogP contribution >= 0.6 is 11.3 Å². The van der Waals surface area contributed by atoms with Gasteiger partial charge >= 0.3 is 0 Å². The Morgan fingerprint density at radius 2 is 1.61 bits per heavy atom. The molecule has 0 aliphatic rings. The highest BCUT2D eigenvalue weighted by molar-refractivity contribution is 7.12. The van der Waals surface area contributed by atoms with Crippen LogP contribution < -0.4 is 0 Å². The minimum Gasteiger partial charge on any atom is -0.383 e. The maximum absolute atomic E-state index is 10.4. The topological polar surface area (TPSA) is 20.2 Å². The summed E-state index contributed by atoms with van der Waals surface area (Å²) in [6.45, 7) is 8.64. The molecule has 0 aliphatic heterocycles. The van der Waals surface area contributed by atoms with Gasteiger partial charge in [0.2, 0.25) is 0 Å². The van der Waals surface area contributed by atoms with Crippen LogP contribution in [-0.2, 0) is 5.41 Å². The third-order valence-corrected chi connectivity index (χ3v) is 4.59. The van der Waals surface area contributed by atoms with Gasteiger partial charge in [0.05, 0.1) is 0 Å². The Labute approximate surface area is 113 Å². The minimum atomic E-state index is -0.508. The summed E-state index contributed by atoms with van der Waals surface area (Å²) in [6, 6.07) is 12.2. The third-order valence-electron chi connectivity index (χ3n) is 3.03. The van der Waals surface area contributed by atoms with Gasteiger partial charge in [-0.05, 0) is 30.0 Å². The lowest BCUT2D eigenvalue weighted by Gasteiger charge is -2.15. The van der Waals surface area contributed by atoms with Gasteiger partial charge in [-0.2, -0.15) is 0 Å². The van der Waals surface area contributed by atoms with Gasteiger partial charge in [-0.25, -0.2) is 0 Å². The summed E-state index contributed by atoms with van der Waals surface area (Å²) in [6.07, 6.45) is -0.508. The number of hydrogen-bond acceptors (Lipinski definition) is 2. The van der Waals surface area contributed by atoms with E-state index in [2.05, 4.69) is 33.8 Å². The molecule has 0 saturated heterocycles. The Morgan fingerprint density at radius 1 is 1.00 bits per heavy atom. The van der Waals surface area contributed by atoms with E-state index in [4.69, 9.17) is 0 Å². The van der Waals surface area contributed by atoms with Crippen LogP contribution in [-0.4, -0.2) is 5.11 Å². The molecule has 2 rings (SSSR count). The summed E-state index contributed by atoms with van der Waals surface area (Å²) in [7, 11) is 0. The average Bonchev–Trinajstić information content (AvgIpc) is 2.78. The molecule has 0 spiro atoms. The Hall–Kier alpha value is -1.12. The van der Waals surface area contributed by atoms with E-state index in [1.807, 2.05) is 30.3 Å². The zero-order valence-corrected chi connectivity index (χ0v) is 12.2. The number of benzene rings is 1. The van der Waals surface area contributed by atoms with Crippen LogP contribution in [0.25, 0.3) is 0 Å². The van der Waals surface area contributed by atoms with E-state index in [1.54, 1.807) is 11.3 Å². The van der Waals surface area contributed by atoms with Crippen molar-refractivity contribution in [2.45, 2.75) is 39.2 Å². The van der Waals surface area contributed by atoms with Crippen molar-refractivity contribution in [3.8, 4) is 0 Å². The molecule has 2 heteroatoms. The number of rotatable bonds is 2. The van der Waals surface area contributed by atoms with Gasteiger partial charge in [0.15, 0.2) is 0 Å². The number of aliphatic hydroxyl groups is 1. The fourth-order valence-electron chi connectivity index (χ4n) is 1.82. The maximum atomic E-state index is 10.4. The van der Waals surface area contributed by atoms with Crippen molar-refractivity contribution in [1.29, 1.82) is 0 Å². The Bertz CT molecular complexity index is 517. The van der Waals surface area contributed by atoms with Crippen LogP contribution in [0.1, 0.15) is 47.8 Å². The molecule has 1 atom stereocenters. The van der Waals surface area contributed by atoms with Crippen molar-refractivity contribution in [3.63, 3.8) is 0 Å². The fraction of sp³-hybridized carbons (Fsp3) is 0.375. The van der Waals surface area contributed by atoms with Crippen molar-refractivity contribution >= 4 is 11.3 Å². The zero-order valence-electron chi connectivity index (χ0n) is 11.4. The first-order valence-electron chi connectivity index (χ1n) is 6.23. The Morgan fingerprint density at radius 3 is 2.11 bits per heavy atom. The van der Waals surface area contributed by atoms with E-state index in [1.165, 1.54) is 10.4 Å². The molecule has 2 aromatic rings. The molecule has 0 bridgehead atoms. The lowest BCUT2D eigenvalue weighted by molar-refractivity contribution is 0.224. The SMILES string of the molecule is Cc1ccc(C(O)c2ccc(C(C)(C)C)s2)cc1. The van der Waals surface area contributed by atoms with Gasteiger partial charge in [0, 0.05) is 9.75 Å². The highest BCUT2D eigenvalue weighted by Gasteiger charge is 2.19. The predicted octanol–water partition coefficient (Wildman–Crippen LogP) is 4.44. The van der Waals surface area contributed by atoms with E-state index in [0.717, 1.165) is 10.4 Å². The van der Waals surface area contributed by atoms with E-state index < -0.39 is 6.10 Å². The van der Waals surface area contributed by atoms with Gasteiger partial charge in [-0.3, -0.25) is 0 Å². The second kappa shape index (κ2) is 4.87. The predicted molar refractivity (Wildman–Crippen MR) is 78.3 cm³/mol. The largest absolute Gasteiger partial charge is 0.383 e. The molecule has 0 aliphatic carbocycles. The summed E-state index contributed by atoms with van der Waals surface area (Å²) in [5.74, 6) is 0. The van der Waals surface area contributed by atoms with Gasteiger partial charge in [0.25, 0.3) is 0 Å². The van der Waals surface area contributed by atoms with Crippen molar-refractivity contribution < 1.29 is 5.11 Å². The van der Waals surface area contributed by atoms with E-state index in [0.29, 0.717) is 0 Å². The molecular weight excluding hydrogens is 240 g/mol. The highest BCUT2D eigenvalue weighted by atomic mass is 32.1. The molecule has 0 amide bonds. The molecule has 0 saturated carbocycles. The molecule has 1 N–H and O–H groups in total. The molecule has 1 heterocycles. The van der Waals surface area contributed by atoms with Crippen molar-refractivity contribution in [3.05, 3.63) is 57.3 Å². The molecule has 0 radical (unpaired) electrons. The Balaban J connectivity index is 2.26. The summed E-state index contributed by atoms with van der Waals surface area (Å²) in [5.41, 5.74) is 2.33. The fourth-order valence-corrected chi connectivity index (χ4v) is 2.90. The molecule has 1 nitrogen and oxygen atoms in total. The molecule has 1 unspecified atom stereocenters. The molecule has 1 aromatic heterocycles. The van der Waals surface area contributed by atoms with Gasteiger partial charge in [-0.1, -0.05) is 50.6 Å². The average molecular weight is 260 g/mol. The first-order valence-corrected chi connectivity index (χ1v) is 7.04. The number of aryl methyl sites for hydroxylation is 1.